The van der Waals surface area contributed by atoms with Gasteiger partial charge in [0.2, 0.25) is 0 Å². The third-order valence-corrected chi connectivity index (χ3v) is 8.94. The minimum absolute atomic E-state index is 1.21. The third kappa shape index (κ3) is 23.8. The number of aromatic nitrogens is 1. The zero-order valence-corrected chi connectivity index (χ0v) is 28.1. The number of hydrogen-bond donors (Lipinski definition) is 0. The molecule has 0 aromatic carbocycles. The van der Waals surface area contributed by atoms with E-state index in [1.807, 2.05) is 0 Å². The van der Waals surface area contributed by atoms with E-state index in [1.165, 1.54) is 199 Å². The molecule has 1 aromatic heterocycles. The van der Waals surface area contributed by atoms with Crippen molar-refractivity contribution >= 4 is 0 Å². The molecule has 0 aliphatic rings. The maximum atomic E-state index is 2.56. The first-order chi connectivity index (χ1) is 19.8. The normalized spacial score (nSPS) is 11.5. The van der Waals surface area contributed by atoms with Crippen LogP contribution in [-0.4, -0.2) is 0 Å². The molecule has 0 saturated carbocycles. The summed E-state index contributed by atoms with van der Waals surface area (Å²) >= 11 is 0. The Morgan fingerprint density at radius 1 is 0.350 bits per heavy atom. The molecule has 1 aromatic rings. The van der Waals surface area contributed by atoms with E-state index in [0.29, 0.717) is 0 Å². The van der Waals surface area contributed by atoms with Crippen molar-refractivity contribution in [3.05, 3.63) is 29.6 Å². The van der Waals surface area contributed by atoms with Crippen molar-refractivity contribution in [3.8, 4) is 0 Å². The highest BCUT2D eigenvalue weighted by Crippen LogP contribution is 2.16. The number of pyridine rings is 1. The Hall–Kier alpha value is -0.850. The second-order valence-electron chi connectivity index (χ2n) is 13.1. The van der Waals surface area contributed by atoms with Gasteiger partial charge in [0.1, 0.15) is 6.54 Å². The average Bonchev–Trinajstić information content (AvgIpc) is 2.96. The summed E-state index contributed by atoms with van der Waals surface area (Å²) in [6.07, 6.45) is 47.4. The first kappa shape index (κ1) is 37.2. The highest BCUT2D eigenvalue weighted by molar-refractivity contribution is 5.15. The van der Waals surface area contributed by atoms with Gasteiger partial charge in [0.25, 0.3) is 0 Å². The summed E-state index contributed by atoms with van der Waals surface area (Å²) in [5.41, 5.74) is 3.20. The fraction of sp³-hybridized carbons (Fsp3) is 0.872. The molecule has 0 amide bonds. The fourth-order valence-electron chi connectivity index (χ4n) is 6.24. The van der Waals surface area contributed by atoms with Crippen LogP contribution in [0, 0.1) is 0 Å². The summed E-state index contributed by atoms with van der Waals surface area (Å²) in [4.78, 5) is 0. The van der Waals surface area contributed by atoms with Crippen LogP contribution in [0.4, 0.5) is 0 Å². The largest absolute Gasteiger partial charge is 0.205 e. The smallest absolute Gasteiger partial charge is 0.171 e. The van der Waals surface area contributed by atoms with E-state index >= 15 is 0 Å². The number of hydrogen-bond acceptors (Lipinski definition) is 0. The molecule has 0 bridgehead atoms. The van der Waals surface area contributed by atoms with Crippen LogP contribution in [0.2, 0.25) is 0 Å². The van der Waals surface area contributed by atoms with Gasteiger partial charge in [0.05, 0.1) is 0 Å². The number of rotatable bonds is 31. The summed E-state index contributed by atoms with van der Waals surface area (Å²) < 4.78 is 2.56. The lowest BCUT2D eigenvalue weighted by atomic mass is 10.0. The van der Waals surface area contributed by atoms with Crippen molar-refractivity contribution in [1.29, 1.82) is 0 Å². The van der Waals surface area contributed by atoms with Gasteiger partial charge in [-0.3, -0.25) is 0 Å². The van der Waals surface area contributed by atoms with Crippen molar-refractivity contribution < 1.29 is 4.57 Å². The molecule has 0 N–H and O–H groups in total. The van der Waals surface area contributed by atoms with Crippen molar-refractivity contribution in [2.24, 2.45) is 0 Å². The maximum absolute atomic E-state index is 2.56. The number of nitrogens with zero attached hydrogens (tertiary/aromatic N) is 1. The Bertz CT molecular complexity index is 591. The third-order valence-electron chi connectivity index (χ3n) is 8.94. The van der Waals surface area contributed by atoms with E-state index in [0.717, 1.165) is 0 Å². The van der Waals surface area contributed by atoms with Crippen molar-refractivity contribution in [3.63, 3.8) is 0 Å². The first-order valence-corrected chi connectivity index (χ1v) is 18.8. The first-order valence-electron chi connectivity index (χ1n) is 18.8. The van der Waals surface area contributed by atoms with Gasteiger partial charge in [-0.15, -0.1) is 0 Å². The lowest BCUT2D eigenvalue weighted by Gasteiger charge is -2.07. The van der Waals surface area contributed by atoms with E-state index in [9.17, 15) is 0 Å². The van der Waals surface area contributed by atoms with Gasteiger partial charge in [0.15, 0.2) is 12.4 Å². The molecule has 0 aliphatic heterocycles. The molecule has 1 heterocycles. The Balaban J connectivity index is 2.32. The van der Waals surface area contributed by atoms with E-state index in [4.69, 9.17) is 0 Å². The van der Waals surface area contributed by atoms with Gasteiger partial charge in [-0.2, -0.15) is 0 Å². The predicted octanol–water partition coefficient (Wildman–Crippen LogP) is 13.0. The molecule has 0 aliphatic carbocycles. The standard InChI is InChI=1S/C39H74N/c1-4-7-10-13-16-18-20-22-24-26-29-32-38-35-39(37-40(36-38)34-31-28-15-12-9-6-3)33-30-27-25-23-21-19-17-14-11-8-5-2/h35-37H,4-34H2,1-3H3/q+1. The van der Waals surface area contributed by atoms with Crippen LogP contribution >= 0.6 is 0 Å². The summed E-state index contributed by atoms with van der Waals surface area (Å²) in [7, 11) is 0. The highest BCUT2D eigenvalue weighted by Gasteiger charge is 2.09. The Labute approximate surface area is 253 Å². The van der Waals surface area contributed by atoms with Crippen LogP contribution in [0.1, 0.15) is 212 Å². The van der Waals surface area contributed by atoms with Gasteiger partial charge < -0.3 is 0 Å². The number of aryl methyl sites for hydroxylation is 3. The van der Waals surface area contributed by atoms with Crippen LogP contribution < -0.4 is 4.57 Å². The van der Waals surface area contributed by atoms with Crippen LogP contribution in [0.25, 0.3) is 0 Å². The molecular weight excluding hydrogens is 482 g/mol. The Morgan fingerprint density at radius 2 is 0.625 bits per heavy atom. The van der Waals surface area contributed by atoms with Gasteiger partial charge >= 0.3 is 0 Å². The molecular formula is C39H74N+. The minimum atomic E-state index is 1.21. The topological polar surface area (TPSA) is 3.88 Å². The van der Waals surface area contributed by atoms with Gasteiger partial charge in [0, 0.05) is 17.5 Å². The summed E-state index contributed by atoms with van der Waals surface area (Å²) in [6, 6.07) is 2.56. The van der Waals surface area contributed by atoms with Crippen molar-refractivity contribution in [2.45, 2.75) is 220 Å². The predicted molar refractivity (Wildman–Crippen MR) is 180 cm³/mol. The SMILES string of the molecule is CCCCCCCCCCCCCc1cc(CCCCCCCCCCCCC)c[n+](CCCCCCCC)c1. The molecule has 0 atom stereocenters. The Morgan fingerprint density at radius 3 is 0.950 bits per heavy atom. The van der Waals surface area contributed by atoms with E-state index < -0.39 is 0 Å². The van der Waals surface area contributed by atoms with Crippen molar-refractivity contribution in [1.82, 2.24) is 0 Å². The summed E-state index contributed by atoms with van der Waals surface area (Å²) in [6.45, 7) is 8.15. The molecule has 1 rings (SSSR count). The van der Waals surface area contributed by atoms with E-state index in [1.54, 1.807) is 11.1 Å². The maximum Gasteiger partial charge on any atom is 0.171 e. The molecule has 0 fully saturated rings. The lowest BCUT2D eigenvalue weighted by molar-refractivity contribution is -0.698. The van der Waals surface area contributed by atoms with E-state index in [-0.39, 0.29) is 0 Å². The van der Waals surface area contributed by atoms with Crippen LogP contribution in [0.5, 0.6) is 0 Å². The highest BCUT2D eigenvalue weighted by atomic mass is 14.9. The van der Waals surface area contributed by atoms with Crippen molar-refractivity contribution in [2.75, 3.05) is 0 Å². The molecule has 0 radical (unpaired) electrons. The molecule has 0 saturated heterocycles. The lowest BCUT2D eigenvalue weighted by Crippen LogP contribution is -2.34. The Kier molecular flexibility index (Phi) is 27.5. The summed E-state index contributed by atoms with van der Waals surface area (Å²) in [5.74, 6) is 0. The molecule has 234 valence electrons. The number of unbranched alkanes of at least 4 members (excludes halogenated alkanes) is 25. The molecule has 0 spiro atoms. The average molecular weight is 557 g/mol. The molecule has 40 heavy (non-hydrogen) atoms. The summed E-state index contributed by atoms with van der Waals surface area (Å²) in [5, 5.41) is 0. The minimum Gasteiger partial charge on any atom is -0.205 e. The zero-order valence-electron chi connectivity index (χ0n) is 28.1. The fourth-order valence-corrected chi connectivity index (χ4v) is 6.24. The van der Waals surface area contributed by atoms with Crippen LogP contribution in [0.15, 0.2) is 18.5 Å². The second-order valence-corrected chi connectivity index (χ2v) is 13.1. The van der Waals surface area contributed by atoms with Crippen LogP contribution in [0.3, 0.4) is 0 Å². The molecule has 1 nitrogen and oxygen atoms in total. The van der Waals surface area contributed by atoms with Gasteiger partial charge in [-0.1, -0.05) is 175 Å². The van der Waals surface area contributed by atoms with Gasteiger partial charge in [-0.25, -0.2) is 4.57 Å². The zero-order chi connectivity index (χ0) is 28.8. The van der Waals surface area contributed by atoms with Crippen LogP contribution in [-0.2, 0) is 19.4 Å². The molecule has 1 heteroatoms. The monoisotopic (exact) mass is 557 g/mol. The molecule has 0 unspecified atom stereocenters. The van der Waals surface area contributed by atoms with E-state index in [2.05, 4.69) is 43.8 Å². The van der Waals surface area contributed by atoms with Gasteiger partial charge in [-0.05, 0) is 38.2 Å². The quantitative estimate of drug-likeness (QED) is 0.0632. The second kappa shape index (κ2) is 29.6.